The molecule has 0 saturated heterocycles. The maximum absolute atomic E-state index is 10.8. The topological polar surface area (TPSA) is 87.0 Å². The summed E-state index contributed by atoms with van der Waals surface area (Å²) in [6, 6.07) is 11.0. The van der Waals surface area contributed by atoms with E-state index in [2.05, 4.69) is 51.1 Å². The van der Waals surface area contributed by atoms with Crippen molar-refractivity contribution >= 4 is 12.0 Å². The molecule has 204 valence electrons. The van der Waals surface area contributed by atoms with E-state index in [9.17, 15) is 15.0 Å². The lowest BCUT2D eigenvalue weighted by atomic mass is 9.69. The quantitative estimate of drug-likeness (QED) is 0.258. The molecule has 0 spiro atoms. The van der Waals surface area contributed by atoms with E-state index >= 15 is 0 Å². The molecule has 0 aliphatic rings. The number of aliphatic hydroxyl groups is 2. The average molecular weight is 511 g/mol. The first-order valence-corrected chi connectivity index (χ1v) is 13.6. The van der Waals surface area contributed by atoms with E-state index < -0.39 is 17.7 Å². The molecule has 1 atom stereocenters. The summed E-state index contributed by atoms with van der Waals surface area (Å²) < 4.78 is 5.94. The van der Waals surface area contributed by atoms with E-state index in [4.69, 9.17) is 9.84 Å². The van der Waals surface area contributed by atoms with Crippen LogP contribution in [0.15, 0.2) is 36.4 Å². The lowest BCUT2D eigenvalue weighted by Crippen LogP contribution is -2.27. The van der Waals surface area contributed by atoms with Crippen LogP contribution < -0.4 is 4.74 Å². The van der Waals surface area contributed by atoms with Crippen molar-refractivity contribution in [2.24, 2.45) is 0 Å². The van der Waals surface area contributed by atoms with Crippen LogP contribution in [0.2, 0.25) is 0 Å². The predicted octanol–water partition coefficient (Wildman–Crippen LogP) is 6.89. The summed E-state index contributed by atoms with van der Waals surface area (Å²) in [5.41, 5.74) is 5.87. The van der Waals surface area contributed by atoms with Crippen LogP contribution in [0.4, 0.5) is 0 Å². The van der Waals surface area contributed by atoms with Crippen LogP contribution >= 0.6 is 0 Å². The molecule has 0 radical (unpaired) electrons. The molecular formula is C32H46O5. The van der Waals surface area contributed by atoms with Gasteiger partial charge in [-0.1, -0.05) is 70.2 Å². The van der Waals surface area contributed by atoms with Gasteiger partial charge >= 0.3 is 5.97 Å². The number of benzene rings is 2. The van der Waals surface area contributed by atoms with Crippen LogP contribution in [0.5, 0.6) is 5.75 Å². The Hall–Kier alpha value is -2.63. The van der Waals surface area contributed by atoms with E-state index in [-0.39, 0.29) is 24.9 Å². The zero-order valence-corrected chi connectivity index (χ0v) is 23.7. The second-order valence-electron chi connectivity index (χ2n) is 10.3. The fourth-order valence-electron chi connectivity index (χ4n) is 5.13. The highest BCUT2D eigenvalue weighted by atomic mass is 16.5. The minimum absolute atomic E-state index is 0.0698. The SMILES string of the molecule is CCC(O)(C=Cc1ccc(C(CC)(CC)c2cc(C)c(OC[C@@H](O)CCC(=O)O)c(C)c2)cc1C)CC. The number of ether oxygens (including phenoxy) is 1. The first-order valence-electron chi connectivity index (χ1n) is 13.6. The molecule has 3 N–H and O–H groups in total. The second-order valence-corrected chi connectivity index (χ2v) is 10.3. The van der Waals surface area contributed by atoms with E-state index in [1.54, 1.807) is 0 Å². The number of aryl methyl sites for hydroxylation is 3. The normalized spacial score (nSPS) is 13.2. The van der Waals surface area contributed by atoms with Gasteiger partial charge in [0.05, 0.1) is 11.7 Å². The summed E-state index contributed by atoms with van der Waals surface area (Å²) >= 11 is 0. The Balaban J connectivity index is 2.38. The zero-order chi connectivity index (χ0) is 27.8. The molecule has 0 aliphatic heterocycles. The molecule has 0 aliphatic carbocycles. The van der Waals surface area contributed by atoms with Crippen molar-refractivity contribution in [2.75, 3.05) is 6.61 Å². The van der Waals surface area contributed by atoms with Crippen molar-refractivity contribution in [2.45, 2.75) is 104 Å². The van der Waals surface area contributed by atoms with Gasteiger partial charge in [0.15, 0.2) is 0 Å². The number of rotatable bonds is 14. The smallest absolute Gasteiger partial charge is 0.303 e. The van der Waals surface area contributed by atoms with Crippen LogP contribution in [-0.2, 0) is 10.2 Å². The maximum atomic E-state index is 10.8. The average Bonchev–Trinajstić information content (AvgIpc) is 2.87. The van der Waals surface area contributed by atoms with Crippen molar-refractivity contribution in [3.63, 3.8) is 0 Å². The molecular weight excluding hydrogens is 464 g/mol. The van der Waals surface area contributed by atoms with E-state index in [1.807, 2.05) is 39.8 Å². The van der Waals surface area contributed by atoms with E-state index in [0.29, 0.717) is 12.8 Å². The Labute approximate surface area is 223 Å². The number of hydrogen-bond donors (Lipinski definition) is 3. The fraction of sp³-hybridized carbons (Fsp3) is 0.531. The molecule has 0 amide bonds. The van der Waals surface area contributed by atoms with Crippen molar-refractivity contribution < 1.29 is 24.9 Å². The number of carboxylic acid groups (broad SMARTS) is 1. The van der Waals surface area contributed by atoms with Gasteiger partial charge in [-0.15, -0.1) is 0 Å². The Morgan fingerprint density at radius 3 is 1.97 bits per heavy atom. The van der Waals surface area contributed by atoms with Crippen molar-refractivity contribution in [3.8, 4) is 5.75 Å². The summed E-state index contributed by atoms with van der Waals surface area (Å²) in [6.07, 6.45) is 6.48. The van der Waals surface area contributed by atoms with Gasteiger partial charge in [-0.05, 0) is 86.3 Å². The number of carbonyl (C=O) groups is 1. The zero-order valence-electron chi connectivity index (χ0n) is 23.7. The molecule has 37 heavy (non-hydrogen) atoms. The molecule has 5 heteroatoms. The van der Waals surface area contributed by atoms with Gasteiger partial charge in [0.2, 0.25) is 0 Å². The monoisotopic (exact) mass is 510 g/mol. The molecule has 0 unspecified atom stereocenters. The molecule has 0 aromatic heterocycles. The second kappa shape index (κ2) is 13.3. The molecule has 0 bridgehead atoms. The minimum Gasteiger partial charge on any atom is -0.490 e. The van der Waals surface area contributed by atoms with Crippen LogP contribution in [0.3, 0.4) is 0 Å². The lowest BCUT2D eigenvalue weighted by molar-refractivity contribution is -0.137. The predicted molar refractivity (Wildman–Crippen MR) is 151 cm³/mol. The Kier molecular flexibility index (Phi) is 11.0. The molecule has 0 heterocycles. The maximum Gasteiger partial charge on any atom is 0.303 e. The van der Waals surface area contributed by atoms with Gasteiger partial charge in [-0.25, -0.2) is 0 Å². The lowest BCUT2D eigenvalue weighted by Gasteiger charge is -2.35. The number of aliphatic hydroxyl groups excluding tert-OH is 1. The standard InChI is InChI=1S/C32H46O5/c1-8-31(36,9-2)17-16-25-12-13-26(18-22(25)5)32(10-3,11-4)27-19-23(6)30(24(7)20-27)37-21-28(33)14-15-29(34)35/h12-13,16-20,28,33,36H,8-11,14-15,21H2,1-7H3,(H,34,35)/t28-/m0/s1. The third-order valence-electron chi connectivity index (χ3n) is 7.95. The van der Waals surface area contributed by atoms with Gasteiger partial charge in [0.1, 0.15) is 12.4 Å². The third-order valence-corrected chi connectivity index (χ3v) is 7.95. The number of aliphatic carboxylic acids is 1. The molecule has 5 nitrogen and oxygen atoms in total. The molecule has 0 saturated carbocycles. The summed E-state index contributed by atoms with van der Waals surface area (Å²) in [5, 5.41) is 29.6. The van der Waals surface area contributed by atoms with Gasteiger partial charge in [0.25, 0.3) is 0 Å². The van der Waals surface area contributed by atoms with Crippen LogP contribution in [0, 0.1) is 20.8 Å². The first kappa shape index (κ1) is 30.6. The van der Waals surface area contributed by atoms with Crippen LogP contribution in [0.1, 0.15) is 99.6 Å². The Morgan fingerprint density at radius 1 is 0.919 bits per heavy atom. The molecule has 0 fully saturated rings. The van der Waals surface area contributed by atoms with Gasteiger partial charge in [-0.3, -0.25) is 4.79 Å². The minimum atomic E-state index is -0.922. The van der Waals surface area contributed by atoms with Gasteiger partial charge in [0, 0.05) is 11.8 Å². The summed E-state index contributed by atoms with van der Waals surface area (Å²) in [7, 11) is 0. The Morgan fingerprint density at radius 2 is 1.49 bits per heavy atom. The van der Waals surface area contributed by atoms with E-state index in [1.165, 1.54) is 16.7 Å². The summed E-state index contributed by atoms with van der Waals surface area (Å²) in [5.74, 6) is -0.177. The number of hydrogen-bond acceptors (Lipinski definition) is 4. The van der Waals surface area contributed by atoms with Gasteiger partial charge in [-0.2, -0.15) is 0 Å². The van der Waals surface area contributed by atoms with Gasteiger partial charge < -0.3 is 20.1 Å². The Bertz CT molecular complexity index is 1050. The first-order chi connectivity index (χ1) is 17.4. The van der Waals surface area contributed by atoms with Crippen molar-refractivity contribution in [3.05, 3.63) is 69.8 Å². The molecule has 2 rings (SSSR count). The van der Waals surface area contributed by atoms with Crippen LogP contribution in [-0.4, -0.2) is 39.6 Å². The molecule has 2 aromatic rings. The summed E-state index contributed by atoms with van der Waals surface area (Å²) in [6.45, 7) is 14.7. The fourth-order valence-corrected chi connectivity index (χ4v) is 5.13. The summed E-state index contributed by atoms with van der Waals surface area (Å²) in [4.78, 5) is 10.8. The largest absolute Gasteiger partial charge is 0.490 e. The highest BCUT2D eigenvalue weighted by Crippen LogP contribution is 2.42. The van der Waals surface area contributed by atoms with Crippen LogP contribution in [0.25, 0.3) is 6.08 Å². The van der Waals surface area contributed by atoms with Crippen molar-refractivity contribution in [1.82, 2.24) is 0 Å². The molecule has 2 aromatic carbocycles. The number of carboxylic acids is 1. The third kappa shape index (κ3) is 7.45. The van der Waals surface area contributed by atoms with E-state index in [0.717, 1.165) is 35.3 Å². The highest BCUT2D eigenvalue weighted by Gasteiger charge is 2.32. The highest BCUT2D eigenvalue weighted by molar-refractivity contribution is 5.66. The van der Waals surface area contributed by atoms with Crippen molar-refractivity contribution in [1.29, 1.82) is 0 Å².